The van der Waals surface area contributed by atoms with Crippen LogP contribution in [0.25, 0.3) is 10.9 Å². The average molecular weight is 424 g/mol. The predicted octanol–water partition coefficient (Wildman–Crippen LogP) is 5.04. The molecule has 7 nitrogen and oxygen atoms in total. The molecule has 4 rings (SSSR count). The van der Waals surface area contributed by atoms with Crippen LogP contribution in [0, 0.1) is 0 Å². The van der Waals surface area contributed by atoms with Gasteiger partial charge >= 0.3 is 6.03 Å². The molecule has 8 heteroatoms. The summed E-state index contributed by atoms with van der Waals surface area (Å²) in [6.45, 7) is 0. The molecule has 0 saturated carbocycles. The number of nitrogens with one attached hydrogen (secondary N) is 3. The highest BCUT2D eigenvalue weighted by Crippen LogP contribution is 2.29. The zero-order valence-electron chi connectivity index (χ0n) is 18.0. The van der Waals surface area contributed by atoms with Crippen molar-refractivity contribution in [1.29, 1.82) is 0 Å². The van der Waals surface area contributed by atoms with Crippen LogP contribution in [0.4, 0.5) is 22.0 Å². The van der Waals surface area contributed by atoms with Crippen LogP contribution in [0.2, 0.25) is 5.02 Å². The van der Waals surface area contributed by atoms with Crippen molar-refractivity contribution < 1.29 is 12.3 Å². The second-order valence-corrected chi connectivity index (χ2v) is 6.90. The maximum absolute atomic E-state index is 12.6. The monoisotopic (exact) mass is 423 g/mol. The number of ether oxygens (including phenoxy) is 1. The second kappa shape index (κ2) is 8.34. The number of halogens is 1. The minimum absolute atomic E-state index is 0.234. The molecule has 4 aromatic rings. The van der Waals surface area contributed by atoms with Crippen LogP contribution in [-0.2, 0) is 6.37 Å². The lowest BCUT2D eigenvalue weighted by Crippen LogP contribution is -2.19. The van der Waals surface area contributed by atoms with E-state index in [9.17, 15) is 4.79 Å². The first-order chi connectivity index (χ1) is 15.3. The minimum Gasteiger partial charge on any atom is -0.495 e. The van der Waals surface area contributed by atoms with Crippen LogP contribution in [-0.4, -0.2) is 23.1 Å². The Kier molecular flexibility index (Phi) is 4.78. The molecule has 2 amide bonds. The maximum atomic E-state index is 12.6. The van der Waals surface area contributed by atoms with Gasteiger partial charge in [0.2, 0.25) is 0 Å². The summed E-state index contributed by atoms with van der Waals surface area (Å²) in [6, 6.07) is 14.5. The highest BCUT2D eigenvalue weighted by Gasteiger charge is 2.12. The van der Waals surface area contributed by atoms with Gasteiger partial charge in [0.1, 0.15) is 11.6 Å². The third-order valence-corrected chi connectivity index (χ3v) is 4.62. The SMILES string of the molecule is [2H]C([2H])(c1ccnc(N)c1)c1cc2c(NC(=O)Nc3cc(Cl)ccc3OC)cccc2[nH]1. The number of methoxy groups -OCH3 is 1. The van der Waals surface area contributed by atoms with Crippen LogP contribution in [0.5, 0.6) is 5.75 Å². The number of amides is 2. The fourth-order valence-electron chi connectivity index (χ4n) is 3.07. The molecule has 0 unspecified atom stereocenters. The van der Waals surface area contributed by atoms with Gasteiger partial charge < -0.3 is 26.1 Å². The molecule has 0 atom stereocenters. The lowest BCUT2D eigenvalue weighted by Gasteiger charge is -2.12. The number of H-pyrrole nitrogens is 1. The summed E-state index contributed by atoms with van der Waals surface area (Å²) in [4.78, 5) is 19.7. The zero-order chi connectivity index (χ0) is 22.9. The quantitative estimate of drug-likeness (QED) is 0.360. The molecule has 152 valence electrons. The number of hydrogen-bond donors (Lipinski definition) is 4. The summed E-state index contributed by atoms with van der Waals surface area (Å²) in [7, 11) is 1.50. The normalized spacial score (nSPS) is 12.2. The largest absolute Gasteiger partial charge is 0.495 e. The Morgan fingerprint density at radius 3 is 2.83 bits per heavy atom. The summed E-state index contributed by atoms with van der Waals surface area (Å²) in [5.74, 6) is 0.703. The molecule has 0 spiro atoms. The Balaban J connectivity index is 1.63. The van der Waals surface area contributed by atoms with Gasteiger partial charge in [0.05, 0.1) is 18.5 Å². The van der Waals surface area contributed by atoms with Gasteiger partial charge in [-0.3, -0.25) is 0 Å². The van der Waals surface area contributed by atoms with E-state index >= 15 is 0 Å². The van der Waals surface area contributed by atoms with Gasteiger partial charge in [-0.2, -0.15) is 0 Å². The van der Waals surface area contributed by atoms with Gasteiger partial charge in [0, 0.05) is 36.9 Å². The molecule has 5 N–H and O–H groups in total. The van der Waals surface area contributed by atoms with Crippen molar-refractivity contribution in [3.8, 4) is 5.75 Å². The fraction of sp³-hybridized carbons (Fsp3) is 0.0909. The van der Waals surface area contributed by atoms with E-state index in [1.807, 2.05) is 0 Å². The van der Waals surface area contributed by atoms with Gasteiger partial charge in [-0.05, 0) is 54.1 Å². The number of rotatable bonds is 5. The molecule has 30 heavy (non-hydrogen) atoms. The Labute approximate surface area is 181 Å². The molecule has 2 heterocycles. The van der Waals surface area contributed by atoms with Gasteiger partial charge in [-0.25, -0.2) is 9.78 Å². The number of hydrogen-bond acceptors (Lipinski definition) is 4. The molecule has 2 aromatic carbocycles. The van der Waals surface area contributed by atoms with Crippen molar-refractivity contribution in [3.05, 3.63) is 77.1 Å². The molecule has 0 aliphatic heterocycles. The molecule has 0 bridgehead atoms. The van der Waals surface area contributed by atoms with Gasteiger partial charge in [-0.1, -0.05) is 17.7 Å². The third-order valence-electron chi connectivity index (χ3n) is 4.38. The molecule has 0 aliphatic carbocycles. The van der Waals surface area contributed by atoms with E-state index in [0.29, 0.717) is 44.3 Å². The number of nitrogen functional groups attached to an aromatic ring is 1. The first kappa shape index (κ1) is 17.2. The lowest BCUT2D eigenvalue weighted by atomic mass is 10.1. The van der Waals surface area contributed by atoms with Crippen LogP contribution in [0.3, 0.4) is 0 Å². The number of anilines is 3. The molecular formula is C22H20ClN5O2. The zero-order valence-corrected chi connectivity index (χ0v) is 16.7. The standard InChI is InChI=1S/C22H20ClN5O2/c1-30-20-6-5-14(23)11-19(20)28-22(29)27-18-4-2-3-17-16(18)12-15(26-17)9-13-7-8-25-21(24)10-13/h2-8,10-12,26H,9H2,1H3,(H2,24,25)(H2,27,28,29)/i9D2. The van der Waals surface area contributed by atoms with Crippen molar-refractivity contribution in [2.45, 2.75) is 6.37 Å². The summed E-state index contributed by atoms with van der Waals surface area (Å²) in [5.41, 5.74) is 8.02. The van der Waals surface area contributed by atoms with Crippen molar-refractivity contribution in [2.75, 3.05) is 23.5 Å². The van der Waals surface area contributed by atoms with Crippen LogP contribution < -0.4 is 21.1 Å². The summed E-state index contributed by atoms with van der Waals surface area (Å²) in [6.07, 6.45) is -0.379. The van der Waals surface area contributed by atoms with E-state index in [0.717, 1.165) is 0 Å². The number of pyridine rings is 1. The predicted molar refractivity (Wildman–Crippen MR) is 120 cm³/mol. The molecule has 0 fully saturated rings. The van der Waals surface area contributed by atoms with E-state index in [1.165, 1.54) is 19.4 Å². The van der Waals surface area contributed by atoms with E-state index in [1.54, 1.807) is 48.5 Å². The van der Waals surface area contributed by atoms with E-state index < -0.39 is 12.4 Å². The fourth-order valence-corrected chi connectivity index (χ4v) is 3.24. The van der Waals surface area contributed by atoms with Crippen LogP contribution in [0.15, 0.2) is 60.8 Å². The van der Waals surface area contributed by atoms with Crippen LogP contribution >= 0.6 is 11.6 Å². The first-order valence-corrected chi connectivity index (χ1v) is 9.41. The van der Waals surface area contributed by atoms with Crippen molar-refractivity contribution >= 4 is 45.7 Å². The summed E-state index contributed by atoms with van der Waals surface area (Å²) < 4.78 is 22.4. The number of aromatic amines is 1. The van der Waals surface area contributed by atoms with Crippen LogP contribution in [0.1, 0.15) is 14.0 Å². The Morgan fingerprint density at radius 2 is 2.03 bits per heavy atom. The summed E-state index contributed by atoms with van der Waals surface area (Å²) in [5, 5.41) is 6.63. The Hall–Kier alpha value is -3.71. The topological polar surface area (TPSA) is 105 Å². The van der Waals surface area contributed by atoms with Crippen molar-refractivity contribution in [2.24, 2.45) is 0 Å². The Morgan fingerprint density at radius 1 is 1.20 bits per heavy atom. The Bertz CT molecular complexity index is 1310. The highest BCUT2D eigenvalue weighted by molar-refractivity contribution is 6.31. The number of urea groups is 1. The van der Waals surface area contributed by atoms with E-state index in [4.69, 9.17) is 24.8 Å². The molecule has 0 saturated heterocycles. The number of benzene rings is 2. The van der Waals surface area contributed by atoms with E-state index in [-0.39, 0.29) is 5.82 Å². The number of carbonyl (C=O) groups is 1. The van der Waals surface area contributed by atoms with Crippen molar-refractivity contribution in [3.63, 3.8) is 0 Å². The molecular weight excluding hydrogens is 402 g/mol. The lowest BCUT2D eigenvalue weighted by molar-refractivity contribution is 0.262. The molecule has 0 radical (unpaired) electrons. The van der Waals surface area contributed by atoms with E-state index in [2.05, 4.69) is 20.6 Å². The number of nitrogens with zero attached hydrogens (tertiary/aromatic N) is 1. The second-order valence-electron chi connectivity index (χ2n) is 6.47. The maximum Gasteiger partial charge on any atom is 0.323 e. The third kappa shape index (κ3) is 4.31. The number of aromatic nitrogens is 2. The highest BCUT2D eigenvalue weighted by atomic mass is 35.5. The van der Waals surface area contributed by atoms with Gasteiger partial charge in [0.15, 0.2) is 0 Å². The van der Waals surface area contributed by atoms with Gasteiger partial charge in [-0.15, -0.1) is 0 Å². The smallest absolute Gasteiger partial charge is 0.323 e. The number of carbonyl (C=O) groups excluding carboxylic acids is 1. The molecule has 2 aromatic heterocycles. The number of nitrogens with two attached hydrogens (primary N) is 1. The van der Waals surface area contributed by atoms with Crippen molar-refractivity contribution in [1.82, 2.24) is 9.97 Å². The average Bonchev–Trinajstić information content (AvgIpc) is 3.20. The minimum atomic E-state index is -1.84. The first-order valence-electron chi connectivity index (χ1n) is 10.0. The molecule has 0 aliphatic rings. The van der Waals surface area contributed by atoms with Gasteiger partial charge in [0.25, 0.3) is 0 Å². The number of fused-ring (bicyclic) bond motifs is 1. The summed E-state index contributed by atoms with van der Waals surface area (Å²) >= 11 is 6.02.